The summed E-state index contributed by atoms with van der Waals surface area (Å²) < 4.78 is 5.22. The van der Waals surface area contributed by atoms with Gasteiger partial charge in [-0.2, -0.15) is 0 Å². The van der Waals surface area contributed by atoms with E-state index < -0.39 is 18.0 Å². The molecule has 3 aromatic rings. The SMILES string of the molecule is CCc1ccc(-c2nc(C(=O)OC(C)C(=O)Nc3ccc(Cl)cn3)cs2)cc1. The van der Waals surface area contributed by atoms with Crippen molar-refractivity contribution < 1.29 is 14.3 Å². The van der Waals surface area contributed by atoms with Crippen molar-refractivity contribution >= 4 is 40.6 Å². The molecule has 0 saturated heterocycles. The lowest BCUT2D eigenvalue weighted by Gasteiger charge is -2.12. The van der Waals surface area contributed by atoms with Crippen molar-refractivity contribution in [3.8, 4) is 10.6 Å². The molecule has 0 aliphatic carbocycles. The number of pyridine rings is 1. The Kier molecular flexibility index (Phi) is 6.38. The number of aromatic nitrogens is 2. The van der Waals surface area contributed by atoms with Crippen LogP contribution in [0, 0.1) is 0 Å². The zero-order valence-corrected chi connectivity index (χ0v) is 16.9. The minimum atomic E-state index is -1.00. The van der Waals surface area contributed by atoms with Gasteiger partial charge in [-0.25, -0.2) is 14.8 Å². The largest absolute Gasteiger partial charge is 0.448 e. The number of carbonyl (C=O) groups excluding carboxylic acids is 2. The van der Waals surface area contributed by atoms with Gasteiger partial charge < -0.3 is 10.1 Å². The van der Waals surface area contributed by atoms with E-state index >= 15 is 0 Å². The number of nitrogens with zero attached hydrogens (tertiary/aromatic N) is 2. The lowest BCUT2D eigenvalue weighted by Crippen LogP contribution is -2.30. The van der Waals surface area contributed by atoms with Gasteiger partial charge in [0.25, 0.3) is 5.91 Å². The van der Waals surface area contributed by atoms with E-state index in [-0.39, 0.29) is 5.69 Å². The molecule has 0 spiro atoms. The molecule has 1 atom stereocenters. The number of benzene rings is 1. The summed E-state index contributed by atoms with van der Waals surface area (Å²) in [7, 11) is 0. The monoisotopic (exact) mass is 415 g/mol. The number of nitrogens with one attached hydrogen (secondary N) is 1. The number of ether oxygens (including phenoxy) is 1. The number of thiazole rings is 1. The van der Waals surface area contributed by atoms with Crippen LogP contribution in [0.4, 0.5) is 5.82 Å². The van der Waals surface area contributed by atoms with Crippen LogP contribution in [0.5, 0.6) is 0 Å². The molecular weight excluding hydrogens is 398 g/mol. The molecule has 2 aromatic heterocycles. The number of amides is 1. The molecule has 0 radical (unpaired) electrons. The predicted molar refractivity (Wildman–Crippen MR) is 110 cm³/mol. The van der Waals surface area contributed by atoms with Gasteiger partial charge in [0.15, 0.2) is 11.8 Å². The van der Waals surface area contributed by atoms with Crippen LogP contribution in [0.15, 0.2) is 48.0 Å². The average Bonchev–Trinajstić information content (AvgIpc) is 3.20. The first-order valence-electron chi connectivity index (χ1n) is 8.64. The topological polar surface area (TPSA) is 81.2 Å². The van der Waals surface area contributed by atoms with E-state index in [1.165, 1.54) is 30.0 Å². The molecule has 8 heteroatoms. The summed E-state index contributed by atoms with van der Waals surface area (Å²) in [5.74, 6) is -0.822. The lowest BCUT2D eigenvalue weighted by atomic mass is 10.1. The maximum Gasteiger partial charge on any atom is 0.358 e. The highest BCUT2D eigenvalue weighted by molar-refractivity contribution is 7.13. The fourth-order valence-corrected chi connectivity index (χ4v) is 3.24. The Bertz CT molecular complexity index is 971. The summed E-state index contributed by atoms with van der Waals surface area (Å²) in [5, 5.41) is 5.36. The van der Waals surface area contributed by atoms with Crippen LogP contribution in [0.1, 0.15) is 29.9 Å². The van der Waals surface area contributed by atoms with E-state index in [0.717, 1.165) is 17.0 Å². The van der Waals surface area contributed by atoms with Gasteiger partial charge >= 0.3 is 5.97 Å². The Balaban J connectivity index is 1.61. The van der Waals surface area contributed by atoms with E-state index in [4.69, 9.17) is 16.3 Å². The predicted octanol–water partition coefficient (Wildman–Crippen LogP) is 4.60. The van der Waals surface area contributed by atoms with E-state index in [0.29, 0.717) is 10.8 Å². The van der Waals surface area contributed by atoms with Gasteiger partial charge in [-0.3, -0.25) is 4.79 Å². The fraction of sp³-hybridized carbons (Fsp3) is 0.200. The molecule has 1 amide bonds. The maximum absolute atomic E-state index is 12.3. The number of aryl methyl sites for hydroxylation is 1. The quantitative estimate of drug-likeness (QED) is 0.595. The summed E-state index contributed by atoms with van der Waals surface area (Å²) >= 11 is 7.11. The van der Waals surface area contributed by atoms with E-state index in [2.05, 4.69) is 22.2 Å². The van der Waals surface area contributed by atoms with Crippen LogP contribution >= 0.6 is 22.9 Å². The van der Waals surface area contributed by atoms with Crippen molar-refractivity contribution in [3.05, 3.63) is 64.3 Å². The van der Waals surface area contributed by atoms with Crippen molar-refractivity contribution in [2.45, 2.75) is 26.4 Å². The normalized spacial score (nSPS) is 11.7. The molecule has 0 fully saturated rings. The van der Waals surface area contributed by atoms with Crippen LogP contribution in [0.25, 0.3) is 10.6 Å². The molecule has 6 nitrogen and oxygen atoms in total. The third kappa shape index (κ3) is 4.94. The molecule has 2 heterocycles. The minimum absolute atomic E-state index is 0.170. The van der Waals surface area contributed by atoms with Gasteiger partial charge in [0.1, 0.15) is 10.8 Å². The Labute approximate surface area is 171 Å². The van der Waals surface area contributed by atoms with Gasteiger partial charge in [-0.15, -0.1) is 11.3 Å². The number of esters is 1. The molecule has 0 saturated carbocycles. The number of hydrogen-bond acceptors (Lipinski definition) is 6. The Morgan fingerprint density at radius 1 is 1.21 bits per heavy atom. The first-order valence-corrected chi connectivity index (χ1v) is 9.90. The molecule has 0 bridgehead atoms. The van der Waals surface area contributed by atoms with Crippen LogP contribution in [0.2, 0.25) is 5.02 Å². The minimum Gasteiger partial charge on any atom is -0.448 e. The zero-order chi connectivity index (χ0) is 20.1. The summed E-state index contributed by atoms with van der Waals surface area (Å²) in [4.78, 5) is 32.8. The van der Waals surface area contributed by atoms with Crippen LogP contribution in [-0.4, -0.2) is 27.9 Å². The van der Waals surface area contributed by atoms with Gasteiger partial charge in [-0.1, -0.05) is 42.8 Å². The van der Waals surface area contributed by atoms with Crippen molar-refractivity contribution in [2.75, 3.05) is 5.32 Å². The van der Waals surface area contributed by atoms with Crippen LogP contribution in [0.3, 0.4) is 0 Å². The highest BCUT2D eigenvalue weighted by Gasteiger charge is 2.21. The highest BCUT2D eigenvalue weighted by atomic mass is 35.5. The molecule has 3 rings (SSSR count). The van der Waals surface area contributed by atoms with Gasteiger partial charge in [0.05, 0.1) is 5.02 Å². The Hall–Kier alpha value is -2.77. The number of hydrogen-bond donors (Lipinski definition) is 1. The third-order valence-corrected chi connectivity index (χ3v) is 5.07. The summed E-state index contributed by atoms with van der Waals surface area (Å²) in [6.07, 6.45) is 1.37. The number of rotatable bonds is 6. The molecule has 0 aliphatic rings. The lowest BCUT2D eigenvalue weighted by molar-refractivity contribution is -0.123. The second-order valence-electron chi connectivity index (χ2n) is 5.99. The van der Waals surface area contributed by atoms with Gasteiger partial charge in [0.2, 0.25) is 0 Å². The number of anilines is 1. The Morgan fingerprint density at radius 2 is 1.96 bits per heavy atom. The number of carbonyl (C=O) groups is 2. The van der Waals surface area contributed by atoms with Crippen molar-refractivity contribution in [1.29, 1.82) is 0 Å². The van der Waals surface area contributed by atoms with Gasteiger partial charge in [-0.05, 0) is 31.0 Å². The third-order valence-electron chi connectivity index (χ3n) is 3.95. The second-order valence-corrected chi connectivity index (χ2v) is 7.28. The van der Waals surface area contributed by atoms with Crippen molar-refractivity contribution in [1.82, 2.24) is 9.97 Å². The smallest absolute Gasteiger partial charge is 0.358 e. The van der Waals surface area contributed by atoms with Crippen LogP contribution < -0.4 is 5.32 Å². The van der Waals surface area contributed by atoms with Crippen molar-refractivity contribution in [3.63, 3.8) is 0 Å². The Morgan fingerprint density at radius 3 is 2.61 bits per heavy atom. The summed E-state index contributed by atoms with van der Waals surface area (Å²) in [6, 6.07) is 11.2. The first-order chi connectivity index (χ1) is 13.5. The first kappa shape index (κ1) is 20.0. The van der Waals surface area contributed by atoms with E-state index in [1.807, 2.05) is 24.3 Å². The average molecular weight is 416 g/mol. The summed E-state index contributed by atoms with van der Waals surface area (Å²) in [6.45, 7) is 3.58. The standard InChI is InChI=1S/C20H18ClN3O3S/c1-3-13-4-6-14(7-5-13)19-23-16(11-28-19)20(26)27-12(2)18(25)24-17-9-8-15(21)10-22-17/h4-12H,3H2,1-2H3,(H,22,24,25). The second kappa shape index (κ2) is 8.95. The van der Waals surface area contributed by atoms with E-state index in [9.17, 15) is 9.59 Å². The number of halogens is 1. The summed E-state index contributed by atoms with van der Waals surface area (Å²) in [5.41, 5.74) is 2.33. The molecule has 1 aromatic carbocycles. The van der Waals surface area contributed by atoms with Crippen molar-refractivity contribution in [2.24, 2.45) is 0 Å². The molecule has 28 heavy (non-hydrogen) atoms. The van der Waals surface area contributed by atoms with Gasteiger partial charge in [0, 0.05) is 17.1 Å². The maximum atomic E-state index is 12.3. The fourth-order valence-electron chi connectivity index (χ4n) is 2.34. The molecule has 1 N–H and O–H groups in total. The molecule has 1 unspecified atom stereocenters. The highest BCUT2D eigenvalue weighted by Crippen LogP contribution is 2.24. The zero-order valence-electron chi connectivity index (χ0n) is 15.3. The van der Waals surface area contributed by atoms with Crippen LogP contribution in [-0.2, 0) is 16.0 Å². The van der Waals surface area contributed by atoms with E-state index in [1.54, 1.807) is 17.5 Å². The molecule has 144 valence electrons. The molecular formula is C20H18ClN3O3S. The molecule has 0 aliphatic heterocycles.